The highest BCUT2D eigenvalue weighted by Gasteiger charge is 2.46. The highest BCUT2D eigenvalue weighted by Crippen LogP contribution is 2.38. The van der Waals surface area contributed by atoms with Crippen molar-refractivity contribution in [2.24, 2.45) is 0 Å². The molecule has 27 heavy (non-hydrogen) atoms. The molecule has 0 aromatic heterocycles. The quantitative estimate of drug-likeness (QED) is 0.905. The Morgan fingerprint density at radius 1 is 1.07 bits per heavy atom. The molecule has 2 aromatic carbocycles. The lowest BCUT2D eigenvalue weighted by Crippen LogP contribution is -2.46. The van der Waals surface area contributed by atoms with Gasteiger partial charge in [0.2, 0.25) is 5.91 Å². The van der Waals surface area contributed by atoms with Crippen molar-refractivity contribution in [1.82, 2.24) is 10.2 Å². The van der Waals surface area contributed by atoms with Crippen molar-refractivity contribution in [2.45, 2.75) is 18.4 Å². The fraction of sp³-hybridized carbons (Fsp3) is 0.286. The summed E-state index contributed by atoms with van der Waals surface area (Å²) in [6, 6.07) is 16.0. The van der Waals surface area contributed by atoms with Crippen LogP contribution in [0.3, 0.4) is 0 Å². The third kappa shape index (κ3) is 3.43. The first kappa shape index (κ1) is 17.3. The van der Waals surface area contributed by atoms with Crippen molar-refractivity contribution < 1.29 is 19.1 Å². The summed E-state index contributed by atoms with van der Waals surface area (Å²) < 4.78 is 6.12. The minimum absolute atomic E-state index is 0.0449. The summed E-state index contributed by atoms with van der Waals surface area (Å²) in [7, 11) is 0. The van der Waals surface area contributed by atoms with Crippen LogP contribution < -0.4 is 10.1 Å². The summed E-state index contributed by atoms with van der Waals surface area (Å²) in [5.41, 5.74) is 0.453. The second kappa shape index (κ2) is 6.87. The molecule has 1 unspecified atom stereocenters. The van der Waals surface area contributed by atoms with Crippen LogP contribution in [-0.4, -0.2) is 47.7 Å². The Labute approximate surface area is 157 Å². The lowest BCUT2D eigenvalue weighted by atomic mass is 9.89. The zero-order valence-electron chi connectivity index (χ0n) is 14.8. The lowest BCUT2D eigenvalue weighted by molar-refractivity contribution is -0.129. The van der Waals surface area contributed by atoms with Crippen molar-refractivity contribution in [1.29, 1.82) is 0 Å². The van der Waals surface area contributed by atoms with Gasteiger partial charge >= 0.3 is 0 Å². The highest BCUT2D eigenvalue weighted by molar-refractivity contribution is 6.00. The van der Waals surface area contributed by atoms with Gasteiger partial charge in [-0.2, -0.15) is 0 Å². The lowest BCUT2D eigenvalue weighted by Gasteiger charge is -2.34. The number of ether oxygens (including phenoxy) is 1. The number of ketones is 1. The maximum Gasteiger partial charge on any atom is 0.251 e. The second-order valence-electron chi connectivity index (χ2n) is 7.00. The van der Waals surface area contributed by atoms with Crippen LogP contribution in [0.25, 0.3) is 0 Å². The first-order valence-electron chi connectivity index (χ1n) is 8.99. The molecule has 6 heteroatoms. The highest BCUT2D eigenvalue weighted by atomic mass is 16.5. The average molecular weight is 364 g/mol. The Balaban J connectivity index is 1.38. The van der Waals surface area contributed by atoms with E-state index in [-0.39, 0.29) is 30.6 Å². The molecule has 1 fully saturated rings. The zero-order chi connectivity index (χ0) is 18.9. The molecular formula is C21H20N2O4. The van der Waals surface area contributed by atoms with E-state index in [1.54, 1.807) is 41.3 Å². The maximum absolute atomic E-state index is 12.5. The maximum atomic E-state index is 12.5. The number of nitrogens with one attached hydrogen (secondary N) is 1. The van der Waals surface area contributed by atoms with E-state index in [0.29, 0.717) is 36.4 Å². The molecule has 2 aromatic rings. The van der Waals surface area contributed by atoms with Crippen LogP contribution in [-0.2, 0) is 4.79 Å². The number of likely N-dealkylation sites (tertiary alicyclic amines) is 1. The Kier molecular flexibility index (Phi) is 4.39. The van der Waals surface area contributed by atoms with Crippen LogP contribution in [0.4, 0.5) is 0 Å². The number of carbonyl (C=O) groups excluding carboxylic acids is 3. The van der Waals surface area contributed by atoms with Gasteiger partial charge in [0, 0.05) is 18.5 Å². The molecule has 2 aliphatic rings. The monoisotopic (exact) mass is 364 g/mol. The van der Waals surface area contributed by atoms with Crippen molar-refractivity contribution in [3.8, 4) is 5.75 Å². The standard InChI is InChI=1S/C21H20N2O4/c24-17-12-21(27-18-9-5-4-8-16(17)18)10-11-23(14-21)19(25)13-22-20(26)15-6-2-1-3-7-15/h1-9H,10-14H2,(H,22,26). The number of fused-ring (bicyclic) bond motifs is 1. The van der Waals surface area contributed by atoms with Gasteiger partial charge in [0.1, 0.15) is 11.4 Å². The molecule has 2 amide bonds. The molecule has 1 atom stereocenters. The molecule has 2 aliphatic heterocycles. The number of benzene rings is 2. The minimum atomic E-state index is -0.662. The zero-order valence-corrected chi connectivity index (χ0v) is 14.8. The van der Waals surface area contributed by atoms with Gasteiger partial charge < -0.3 is 15.0 Å². The van der Waals surface area contributed by atoms with Crippen LogP contribution >= 0.6 is 0 Å². The van der Waals surface area contributed by atoms with Gasteiger partial charge in [-0.1, -0.05) is 30.3 Å². The summed E-state index contributed by atoms with van der Waals surface area (Å²) >= 11 is 0. The van der Waals surface area contributed by atoms with Gasteiger partial charge in [0.25, 0.3) is 5.91 Å². The number of carbonyl (C=O) groups is 3. The molecule has 0 saturated carbocycles. The summed E-state index contributed by atoms with van der Waals surface area (Å²) in [4.78, 5) is 38.7. The summed E-state index contributed by atoms with van der Waals surface area (Å²) in [5, 5.41) is 2.65. The summed E-state index contributed by atoms with van der Waals surface area (Å²) in [5.74, 6) is 0.172. The Hall–Kier alpha value is -3.15. The van der Waals surface area contributed by atoms with Crippen LogP contribution in [0.2, 0.25) is 0 Å². The third-order valence-electron chi connectivity index (χ3n) is 5.10. The largest absolute Gasteiger partial charge is 0.484 e. The van der Waals surface area contributed by atoms with Crippen LogP contribution in [0.1, 0.15) is 33.6 Å². The predicted octanol–water partition coefficient (Wildman–Crippen LogP) is 2.05. The average Bonchev–Trinajstić information content (AvgIpc) is 3.09. The van der Waals surface area contributed by atoms with E-state index >= 15 is 0 Å². The first-order chi connectivity index (χ1) is 13.1. The molecule has 6 nitrogen and oxygen atoms in total. The van der Waals surface area contributed by atoms with Gasteiger partial charge in [-0.15, -0.1) is 0 Å². The predicted molar refractivity (Wildman–Crippen MR) is 98.7 cm³/mol. The van der Waals surface area contributed by atoms with Crippen molar-refractivity contribution >= 4 is 17.6 Å². The van der Waals surface area contributed by atoms with Crippen molar-refractivity contribution in [3.05, 3.63) is 65.7 Å². The Bertz CT molecular complexity index is 896. The number of hydrogen-bond acceptors (Lipinski definition) is 4. The molecule has 4 rings (SSSR count). The number of Topliss-reactive ketones (excluding diaryl/α,β-unsaturated/α-hetero) is 1. The number of rotatable bonds is 3. The van der Waals surface area contributed by atoms with E-state index in [9.17, 15) is 14.4 Å². The van der Waals surface area contributed by atoms with Crippen LogP contribution in [0.15, 0.2) is 54.6 Å². The molecule has 1 N–H and O–H groups in total. The van der Waals surface area contributed by atoms with E-state index in [2.05, 4.69) is 5.32 Å². The number of hydrogen-bond donors (Lipinski definition) is 1. The molecule has 138 valence electrons. The molecule has 0 radical (unpaired) electrons. The fourth-order valence-corrected chi connectivity index (χ4v) is 3.69. The SMILES string of the molecule is O=C(NCC(=O)N1CCC2(CC(=O)c3ccccc3O2)C1)c1ccccc1. The molecule has 2 heterocycles. The molecule has 1 saturated heterocycles. The summed E-state index contributed by atoms with van der Waals surface area (Å²) in [6.07, 6.45) is 0.871. The van der Waals surface area contributed by atoms with Gasteiger partial charge in [0.15, 0.2) is 5.78 Å². The normalized spacial score (nSPS) is 20.9. The van der Waals surface area contributed by atoms with Crippen LogP contribution in [0, 0.1) is 0 Å². The molecular weight excluding hydrogens is 344 g/mol. The summed E-state index contributed by atoms with van der Waals surface area (Å²) in [6.45, 7) is 0.789. The Morgan fingerprint density at radius 3 is 2.63 bits per heavy atom. The molecule has 1 spiro atoms. The van der Waals surface area contributed by atoms with Gasteiger partial charge in [0.05, 0.1) is 25.1 Å². The smallest absolute Gasteiger partial charge is 0.251 e. The van der Waals surface area contributed by atoms with Crippen molar-refractivity contribution in [3.63, 3.8) is 0 Å². The van der Waals surface area contributed by atoms with E-state index in [0.717, 1.165) is 0 Å². The van der Waals surface area contributed by atoms with E-state index in [1.165, 1.54) is 0 Å². The fourth-order valence-electron chi connectivity index (χ4n) is 3.69. The topological polar surface area (TPSA) is 75.7 Å². The minimum Gasteiger partial charge on any atom is -0.484 e. The number of nitrogens with zero attached hydrogens (tertiary/aromatic N) is 1. The molecule has 0 bridgehead atoms. The Morgan fingerprint density at radius 2 is 1.81 bits per heavy atom. The van der Waals surface area contributed by atoms with Gasteiger partial charge in [-0.05, 0) is 24.3 Å². The third-order valence-corrected chi connectivity index (χ3v) is 5.10. The number of amides is 2. The van der Waals surface area contributed by atoms with Crippen LogP contribution in [0.5, 0.6) is 5.75 Å². The number of para-hydroxylation sites is 1. The van der Waals surface area contributed by atoms with E-state index in [4.69, 9.17) is 4.74 Å². The van der Waals surface area contributed by atoms with Crippen molar-refractivity contribution in [2.75, 3.05) is 19.6 Å². The van der Waals surface area contributed by atoms with Gasteiger partial charge in [-0.3, -0.25) is 14.4 Å². The van der Waals surface area contributed by atoms with E-state index < -0.39 is 5.60 Å². The first-order valence-corrected chi connectivity index (χ1v) is 8.99. The van der Waals surface area contributed by atoms with Gasteiger partial charge in [-0.25, -0.2) is 0 Å². The molecule has 0 aliphatic carbocycles. The second-order valence-corrected chi connectivity index (χ2v) is 7.00. The van der Waals surface area contributed by atoms with E-state index in [1.807, 2.05) is 18.2 Å².